The normalized spacial score (nSPS) is 17.4. The minimum atomic E-state index is -0.322. The average molecular weight is 434 g/mol. The Balaban J connectivity index is 0.00000256. The molecule has 1 atom stereocenters. The molecule has 0 radical (unpaired) electrons. The molecule has 0 aliphatic carbocycles. The zero-order chi connectivity index (χ0) is 20.1. The van der Waals surface area contributed by atoms with Crippen molar-refractivity contribution in [3.63, 3.8) is 0 Å². The minimum absolute atomic E-state index is 0. The molecule has 3 N–H and O–H groups in total. The van der Waals surface area contributed by atoms with Crippen LogP contribution >= 0.6 is 12.4 Å². The van der Waals surface area contributed by atoms with Crippen LogP contribution in [-0.4, -0.2) is 50.8 Å². The molecule has 160 valence electrons. The highest BCUT2D eigenvalue weighted by molar-refractivity contribution is 6.10. The van der Waals surface area contributed by atoms with Gasteiger partial charge in [-0.25, -0.2) is 0 Å². The largest absolute Gasteiger partial charge is 0.486 e. The summed E-state index contributed by atoms with van der Waals surface area (Å²) in [5.41, 5.74) is 1.43. The van der Waals surface area contributed by atoms with Gasteiger partial charge in [0.1, 0.15) is 13.2 Å². The van der Waals surface area contributed by atoms with E-state index in [9.17, 15) is 9.59 Å². The third-order valence-corrected chi connectivity index (χ3v) is 4.68. The number of rotatable bonds is 5. The SMILES string of the molecule is Cl.O=C(CC1COCCN1)Nc1ccccc1C(=O)Nc1ccc2c(c1)OCCO2. The van der Waals surface area contributed by atoms with Gasteiger partial charge in [0.2, 0.25) is 5.91 Å². The summed E-state index contributed by atoms with van der Waals surface area (Å²) in [6.07, 6.45) is 0.276. The number of fused-ring (bicyclic) bond motifs is 1. The summed E-state index contributed by atoms with van der Waals surface area (Å²) < 4.78 is 16.4. The van der Waals surface area contributed by atoms with Crippen LogP contribution in [0.3, 0.4) is 0 Å². The molecule has 4 rings (SSSR count). The first-order valence-corrected chi connectivity index (χ1v) is 9.60. The van der Waals surface area contributed by atoms with Crippen LogP contribution < -0.4 is 25.4 Å². The lowest BCUT2D eigenvalue weighted by molar-refractivity contribution is -0.117. The summed E-state index contributed by atoms with van der Waals surface area (Å²) in [5.74, 6) is 0.754. The molecular weight excluding hydrogens is 410 g/mol. The van der Waals surface area contributed by atoms with E-state index in [1.165, 1.54) is 0 Å². The van der Waals surface area contributed by atoms with Crippen LogP contribution in [0.25, 0.3) is 0 Å². The molecule has 2 heterocycles. The Labute approximate surface area is 180 Å². The topological polar surface area (TPSA) is 97.9 Å². The molecule has 9 heteroatoms. The van der Waals surface area contributed by atoms with Gasteiger partial charge in [-0.2, -0.15) is 0 Å². The lowest BCUT2D eigenvalue weighted by atomic mass is 10.1. The number of carbonyl (C=O) groups is 2. The van der Waals surface area contributed by atoms with E-state index >= 15 is 0 Å². The van der Waals surface area contributed by atoms with E-state index in [0.29, 0.717) is 54.9 Å². The monoisotopic (exact) mass is 433 g/mol. The fourth-order valence-corrected chi connectivity index (χ4v) is 3.29. The molecule has 8 nitrogen and oxygen atoms in total. The first-order valence-electron chi connectivity index (χ1n) is 9.60. The van der Waals surface area contributed by atoms with Crippen molar-refractivity contribution in [3.8, 4) is 11.5 Å². The molecule has 0 saturated carbocycles. The van der Waals surface area contributed by atoms with E-state index in [0.717, 1.165) is 6.54 Å². The molecular formula is C21H24ClN3O5. The van der Waals surface area contributed by atoms with E-state index in [4.69, 9.17) is 14.2 Å². The van der Waals surface area contributed by atoms with Crippen LogP contribution in [0.2, 0.25) is 0 Å². The van der Waals surface area contributed by atoms with E-state index in [1.54, 1.807) is 42.5 Å². The van der Waals surface area contributed by atoms with Crippen molar-refractivity contribution in [1.29, 1.82) is 0 Å². The van der Waals surface area contributed by atoms with Crippen molar-refractivity contribution < 1.29 is 23.8 Å². The van der Waals surface area contributed by atoms with Crippen LogP contribution in [-0.2, 0) is 9.53 Å². The highest BCUT2D eigenvalue weighted by atomic mass is 35.5. The van der Waals surface area contributed by atoms with Gasteiger partial charge in [-0.1, -0.05) is 12.1 Å². The maximum absolute atomic E-state index is 12.8. The van der Waals surface area contributed by atoms with Gasteiger partial charge >= 0.3 is 0 Å². The third-order valence-electron chi connectivity index (χ3n) is 4.68. The van der Waals surface area contributed by atoms with E-state index in [2.05, 4.69) is 16.0 Å². The molecule has 2 aliphatic heterocycles. The van der Waals surface area contributed by atoms with E-state index in [1.807, 2.05) is 0 Å². The fraction of sp³-hybridized carbons (Fsp3) is 0.333. The van der Waals surface area contributed by atoms with Crippen molar-refractivity contribution in [2.45, 2.75) is 12.5 Å². The Morgan fingerprint density at radius 1 is 1.00 bits per heavy atom. The number of hydrogen-bond acceptors (Lipinski definition) is 6. The van der Waals surface area contributed by atoms with Crippen molar-refractivity contribution in [3.05, 3.63) is 48.0 Å². The van der Waals surface area contributed by atoms with Crippen molar-refractivity contribution >= 4 is 35.6 Å². The highest BCUT2D eigenvalue weighted by Gasteiger charge is 2.19. The summed E-state index contributed by atoms with van der Waals surface area (Å²) in [5, 5.41) is 8.92. The molecule has 2 aliphatic rings. The minimum Gasteiger partial charge on any atom is -0.486 e. The summed E-state index contributed by atoms with van der Waals surface area (Å²) in [6, 6.07) is 12.1. The molecule has 0 bridgehead atoms. The number of benzene rings is 2. The van der Waals surface area contributed by atoms with Gasteiger partial charge in [0.15, 0.2) is 11.5 Å². The molecule has 1 fully saturated rings. The predicted octanol–water partition coefficient (Wildman–Crippen LogP) is 2.45. The summed E-state index contributed by atoms with van der Waals surface area (Å²) in [4.78, 5) is 25.2. The molecule has 0 spiro atoms. The first-order chi connectivity index (χ1) is 14.2. The Bertz CT molecular complexity index is 902. The Kier molecular flexibility index (Phi) is 7.51. The number of nitrogens with one attached hydrogen (secondary N) is 3. The van der Waals surface area contributed by atoms with Gasteiger partial charge in [0, 0.05) is 30.8 Å². The van der Waals surface area contributed by atoms with Crippen LogP contribution in [0, 0.1) is 0 Å². The lowest BCUT2D eigenvalue weighted by Crippen LogP contribution is -2.43. The predicted molar refractivity (Wildman–Crippen MR) is 115 cm³/mol. The number of halogens is 1. The second-order valence-electron chi connectivity index (χ2n) is 6.84. The van der Waals surface area contributed by atoms with Crippen LogP contribution in [0.4, 0.5) is 11.4 Å². The number of ether oxygens (including phenoxy) is 3. The second kappa shape index (κ2) is 10.3. The maximum Gasteiger partial charge on any atom is 0.257 e. The number of anilines is 2. The zero-order valence-electron chi connectivity index (χ0n) is 16.3. The second-order valence-corrected chi connectivity index (χ2v) is 6.84. The highest BCUT2D eigenvalue weighted by Crippen LogP contribution is 2.32. The van der Waals surface area contributed by atoms with Gasteiger partial charge in [-0.05, 0) is 24.3 Å². The van der Waals surface area contributed by atoms with Crippen molar-refractivity contribution in [1.82, 2.24) is 5.32 Å². The number of morpholine rings is 1. The number of para-hydroxylation sites is 1. The van der Waals surface area contributed by atoms with Gasteiger partial charge in [-0.3, -0.25) is 9.59 Å². The summed E-state index contributed by atoms with van der Waals surface area (Å²) >= 11 is 0. The van der Waals surface area contributed by atoms with Crippen LogP contribution in [0.5, 0.6) is 11.5 Å². The fourth-order valence-electron chi connectivity index (χ4n) is 3.29. The quantitative estimate of drug-likeness (QED) is 0.670. The van der Waals surface area contributed by atoms with E-state index < -0.39 is 0 Å². The summed E-state index contributed by atoms with van der Waals surface area (Å²) in [6.45, 7) is 2.86. The van der Waals surface area contributed by atoms with Gasteiger partial charge < -0.3 is 30.2 Å². The number of amides is 2. The molecule has 2 aromatic carbocycles. The third kappa shape index (κ3) is 5.41. The molecule has 30 heavy (non-hydrogen) atoms. The number of hydrogen-bond donors (Lipinski definition) is 3. The van der Waals surface area contributed by atoms with Crippen LogP contribution in [0.1, 0.15) is 16.8 Å². The zero-order valence-corrected chi connectivity index (χ0v) is 17.1. The summed E-state index contributed by atoms with van der Waals surface area (Å²) in [7, 11) is 0. The Hall–Kier alpha value is -2.81. The average Bonchev–Trinajstić information content (AvgIpc) is 2.74. The Morgan fingerprint density at radius 2 is 1.80 bits per heavy atom. The van der Waals surface area contributed by atoms with Crippen LogP contribution in [0.15, 0.2) is 42.5 Å². The Morgan fingerprint density at radius 3 is 2.60 bits per heavy atom. The number of carbonyl (C=O) groups excluding carboxylic acids is 2. The van der Waals surface area contributed by atoms with E-state index in [-0.39, 0.29) is 36.7 Å². The maximum atomic E-state index is 12.8. The standard InChI is InChI=1S/C21H23N3O5.ClH/c25-20(12-15-13-27-8-7-22-15)24-17-4-2-1-3-16(17)21(26)23-14-5-6-18-19(11-14)29-10-9-28-18;/h1-6,11,15,22H,7-10,12-13H2,(H,23,26)(H,24,25);1H. The molecule has 0 aromatic heterocycles. The lowest BCUT2D eigenvalue weighted by Gasteiger charge is -2.23. The molecule has 2 aromatic rings. The van der Waals surface area contributed by atoms with Gasteiger partial charge in [0.25, 0.3) is 5.91 Å². The molecule has 1 unspecified atom stereocenters. The van der Waals surface area contributed by atoms with Gasteiger partial charge in [0.05, 0.1) is 24.5 Å². The molecule has 2 amide bonds. The van der Waals surface area contributed by atoms with Gasteiger partial charge in [-0.15, -0.1) is 12.4 Å². The van der Waals surface area contributed by atoms with Crippen molar-refractivity contribution in [2.24, 2.45) is 0 Å². The smallest absolute Gasteiger partial charge is 0.257 e. The first kappa shape index (κ1) is 21.9. The van der Waals surface area contributed by atoms with Crippen molar-refractivity contribution in [2.75, 3.05) is 43.6 Å². The molecule has 1 saturated heterocycles.